The van der Waals surface area contributed by atoms with Crippen LogP contribution in [0.4, 0.5) is 4.39 Å². The fourth-order valence-corrected chi connectivity index (χ4v) is 1.60. The number of hydrogen-bond donors (Lipinski definition) is 0. The minimum absolute atomic E-state index is 0.255. The van der Waals surface area contributed by atoms with E-state index in [1.165, 1.54) is 12.1 Å². The third kappa shape index (κ3) is 2.76. The van der Waals surface area contributed by atoms with Crippen LogP contribution in [-0.2, 0) is 6.61 Å². The van der Waals surface area contributed by atoms with E-state index in [9.17, 15) is 4.39 Å². The van der Waals surface area contributed by atoms with Crippen molar-refractivity contribution in [3.8, 4) is 5.75 Å². The first-order valence-corrected chi connectivity index (χ1v) is 5.39. The Balaban J connectivity index is 2.05. The van der Waals surface area contributed by atoms with Crippen LogP contribution in [0.25, 0.3) is 0 Å². The van der Waals surface area contributed by atoms with Crippen molar-refractivity contribution in [2.24, 2.45) is 0 Å². The van der Waals surface area contributed by atoms with E-state index in [1.54, 1.807) is 24.5 Å². The second-order valence-corrected chi connectivity index (χ2v) is 3.88. The van der Waals surface area contributed by atoms with Gasteiger partial charge in [-0.1, -0.05) is 0 Å². The molecule has 0 bridgehead atoms. The van der Waals surface area contributed by atoms with Crippen molar-refractivity contribution >= 4 is 15.9 Å². The highest BCUT2D eigenvalue weighted by molar-refractivity contribution is 9.10. The van der Waals surface area contributed by atoms with Gasteiger partial charge in [0.1, 0.15) is 18.2 Å². The average molecular weight is 283 g/mol. The average Bonchev–Trinajstić information content (AvgIpc) is 2.29. The summed E-state index contributed by atoms with van der Waals surface area (Å²) in [7, 11) is 0. The van der Waals surface area contributed by atoms with Gasteiger partial charge in [-0.3, -0.25) is 0 Å². The van der Waals surface area contributed by atoms with Crippen molar-refractivity contribution in [2.75, 3.05) is 0 Å². The van der Waals surface area contributed by atoms with Crippen LogP contribution in [0.2, 0.25) is 0 Å². The van der Waals surface area contributed by atoms with E-state index in [0.717, 1.165) is 0 Å². The molecule has 5 heteroatoms. The Labute approximate surface area is 100 Å². The summed E-state index contributed by atoms with van der Waals surface area (Å²) in [6.45, 7) is 0.255. The molecular formula is C11H8BrFN2O. The van der Waals surface area contributed by atoms with Gasteiger partial charge in [-0.25, -0.2) is 14.4 Å². The maximum absolute atomic E-state index is 12.8. The van der Waals surface area contributed by atoms with Crippen LogP contribution < -0.4 is 4.74 Å². The molecule has 3 nitrogen and oxygen atoms in total. The van der Waals surface area contributed by atoms with Crippen molar-refractivity contribution in [2.45, 2.75) is 6.61 Å². The number of nitrogens with zero attached hydrogens (tertiary/aromatic N) is 2. The Bertz CT molecular complexity index is 479. The topological polar surface area (TPSA) is 35.0 Å². The second kappa shape index (κ2) is 5.03. The van der Waals surface area contributed by atoms with Gasteiger partial charge < -0.3 is 4.74 Å². The smallest absolute Gasteiger partial charge is 0.166 e. The fraction of sp³-hybridized carbons (Fsp3) is 0.0909. The van der Waals surface area contributed by atoms with Crippen molar-refractivity contribution in [1.82, 2.24) is 9.97 Å². The molecule has 0 saturated carbocycles. The SMILES string of the molecule is Fc1ccc(OCc2ncccn2)c(Br)c1. The summed E-state index contributed by atoms with van der Waals surface area (Å²) in [5.74, 6) is 0.836. The lowest BCUT2D eigenvalue weighted by Gasteiger charge is -2.06. The second-order valence-electron chi connectivity index (χ2n) is 3.03. The third-order valence-corrected chi connectivity index (χ3v) is 2.49. The molecule has 0 N–H and O–H groups in total. The van der Waals surface area contributed by atoms with E-state index >= 15 is 0 Å². The number of aromatic nitrogens is 2. The minimum atomic E-state index is -0.310. The number of halogens is 2. The van der Waals surface area contributed by atoms with Crippen molar-refractivity contribution in [3.05, 3.63) is 52.8 Å². The van der Waals surface area contributed by atoms with Crippen LogP contribution in [0, 0.1) is 5.82 Å². The molecule has 0 aliphatic heterocycles. The van der Waals surface area contributed by atoms with Gasteiger partial charge in [-0.2, -0.15) is 0 Å². The Morgan fingerprint density at radius 1 is 1.25 bits per heavy atom. The van der Waals surface area contributed by atoms with Crippen LogP contribution in [0.1, 0.15) is 5.82 Å². The van der Waals surface area contributed by atoms with Crippen LogP contribution in [0.3, 0.4) is 0 Å². The molecule has 2 rings (SSSR count). The van der Waals surface area contributed by atoms with Gasteiger partial charge in [0.05, 0.1) is 4.47 Å². The molecule has 0 radical (unpaired) electrons. The summed E-state index contributed by atoms with van der Waals surface area (Å²) in [4.78, 5) is 8.03. The quantitative estimate of drug-likeness (QED) is 0.868. The van der Waals surface area contributed by atoms with E-state index in [2.05, 4.69) is 25.9 Å². The normalized spacial score (nSPS) is 10.1. The number of ether oxygens (including phenoxy) is 1. The standard InChI is InChI=1S/C11H8BrFN2O/c12-9-6-8(13)2-3-10(9)16-7-11-14-4-1-5-15-11/h1-6H,7H2. The molecule has 0 aliphatic carbocycles. The van der Waals surface area contributed by atoms with Gasteiger partial charge in [0.25, 0.3) is 0 Å². The van der Waals surface area contributed by atoms with Crippen LogP contribution in [0.5, 0.6) is 5.75 Å². The molecule has 1 heterocycles. The molecule has 0 spiro atoms. The Morgan fingerprint density at radius 2 is 2.00 bits per heavy atom. The van der Waals surface area contributed by atoms with Crippen LogP contribution in [0.15, 0.2) is 41.1 Å². The molecule has 0 atom stereocenters. The Hall–Kier alpha value is -1.49. The molecule has 1 aromatic heterocycles. The van der Waals surface area contributed by atoms with Crippen LogP contribution in [-0.4, -0.2) is 9.97 Å². The lowest BCUT2D eigenvalue weighted by atomic mass is 10.3. The first kappa shape index (κ1) is 11.0. The van der Waals surface area contributed by atoms with E-state index < -0.39 is 0 Å². The van der Waals surface area contributed by atoms with E-state index in [0.29, 0.717) is 16.0 Å². The summed E-state index contributed by atoms with van der Waals surface area (Å²) in [5, 5.41) is 0. The monoisotopic (exact) mass is 282 g/mol. The molecule has 16 heavy (non-hydrogen) atoms. The van der Waals surface area contributed by atoms with Gasteiger partial charge in [-0.15, -0.1) is 0 Å². The molecule has 82 valence electrons. The molecule has 0 aliphatic rings. The molecule has 0 amide bonds. The summed E-state index contributed by atoms with van der Waals surface area (Å²) in [6, 6.07) is 5.98. The summed E-state index contributed by atoms with van der Waals surface area (Å²) < 4.78 is 18.8. The van der Waals surface area contributed by atoms with E-state index in [1.807, 2.05) is 0 Å². The van der Waals surface area contributed by atoms with E-state index in [-0.39, 0.29) is 12.4 Å². The highest BCUT2D eigenvalue weighted by Gasteiger charge is 2.03. The number of benzene rings is 1. The molecule has 0 fully saturated rings. The number of rotatable bonds is 3. The van der Waals surface area contributed by atoms with Crippen molar-refractivity contribution < 1.29 is 9.13 Å². The highest BCUT2D eigenvalue weighted by atomic mass is 79.9. The summed E-state index contributed by atoms with van der Waals surface area (Å²) in [6.07, 6.45) is 3.29. The van der Waals surface area contributed by atoms with Gasteiger partial charge >= 0.3 is 0 Å². The maximum Gasteiger partial charge on any atom is 0.166 e. The van der Waals surface area contributed by atoms with Gasteiger partial charge in [-0.05, 0) is 40.2 Å². The zero-order valence-electron chi connectivity index (χ0n) is 8.23. The predicted molar refractivity (Wildman–Crippen MR) is 60.5 cm³/mol. The third-order valence-electron chi connectivity index (χ3n) is 1.87. The van der Waals surface area contributed by atoms with Gasteiger partial charge in [0.15, 0.2) is 5.82 Å². The molecular weight excluding hydrogens is 275 g/mol. The lowest BCUT2D eigenvalue weighted by molar-refractivity contribution is 0.293. The van der Waals surface area contributed by atoms with Crippen molar-refractivity contribution in [3.63, 3.8) is 0 Å². The molecule has 2 aromatic rings. The van der Waals surface area contributed by atoms with Crippen LogP contribution >= 0.6 is 15.9 Å². The highest BCUT2D eigenvalue weighted by Crippen LogP contribution is 2.25. The van der Waals surface area contributed by atoms with Gasteiger partial charge in [0.2, 0.25) is 0 Å². The fourth-order valence-electron chi connectivity index (χ4n) is 1.14. The lowest BCUT2D eigenvalue weighted by Crippen LogP contribution is -2.00. The first-order valence-electron chi connectivity index (χ1n) is 4.59. The molecule has 0 saturated heterocycles. The van der Waals surface area contributed by atoms with Gasteiger partial charge in [0, 0.05) is 12.4 Å². The Morgan fingerprint density at radius 3 is 2.69 bits per heavy atom. The molecule has 1 aromatic carbocycles. The minimum Gasteiger partial charge on any atom is -0.484 e. The first-order chi connectivity index (χ1) is 7.75. The zero-order chi connectivity index (χ0) is 11.4. The Kier molecular flexibility index (Phi) is 3.46. The predicted octanol–water partition coefficient (Wildman–Crippen LogP) is 2.96. The zero-order valence-corrected chi connectivity index (χ0v) is 9.82. The summed E-state index contributed by atoms with van der Waals surface area (Å²) in [5.41, 5.74) is 0. The largest absolute Gasteiger partial charge is 0.484 e. The summed E-state index contributed by atoms with van der Waals surface area (Å²) >= 11 is 3.21. The van der Waals surface area contributed by atoms with E-state index in [4.69, 9.17) is 4.74 Å². The van der Waals surface area contributed by atoms with Crippen molar-refractivity contribution in [1.29, 1.82) is 0 Å². The molecule has 0 unspecified atom stereocenters. The maximum atomic E-state index is 12.8. The number of hydrogen-bond acceptors (Lipinski definition) is 3.